The van der Waals surface area contributed by atoms with Gasteiger partial charge in [0.15, 0.2) is 0 Å². The Kier molecular flexibility index (Phi) is 3.44. The highest BCUT2D eigenvalue weighted by Gasteiger charge is 2.42. The molecule has 2 heteroatoms. The van der Waals surface area contributed by atoms with Gasteiger partial charge in [0.2, 0.25) is 0 Å². The van der Waals surface area contributed by atoms with E-state index < -0.39 is 0 Å². The van der Waals surface area contributed by atoms with Crippen LogP contribution in [0, 0.1) is 5.41 Å². The molecule has 12 heavy (non-hydrogen) atoms. The fourth-order valence-electron chi connectivity index (χ4n) is 1.74. The van der Waals surface area contributed by atoms with Gasteiger partial charge in [0.1, 0.15) is 0 Å². The zero-order valence-electron chi connectivity index (χ0n) is 8.64. The predicted octanol–water partition coefficient (Wildman–Crippen LogP) is 4.01. The van der Waals surface area contributed by atoms with E-state index in [9.17, 15) is 0 Å². The molecule has 72 valence electrons. The summed E-state index contributed by atoms with van der Waals surface area (Å²) in [5.41, 5.74) is 0.442. The summed E-state index contributed by atoms with van der Waals surface area (Å²) in [6.07, 6.45) is 2.69. The Bertz CT molecular complexity index is 140. The van der Waals surface area contributed by atoms with Crippen molar-refractivity contribution in [2.75, 3.05) is 11.5 Å². The third-order valence-electron chi connectivity index (χ3n) is 2.57. The van der Waals surface area contributed by atoms with Gasteiger partial charge in [0.25, 0.3) is 0 Å². The minimum atomic E-state index is 0.442. The molecule has 0 aromatic rings. The molecule has 0 nitrogen and oxygen atoms in total. The molecule has 1 saturated heterocycles. The zero-order chi connectivity index (χ0) is 9.24. The molecular formula is C10H20S2. The maximum absolute atomic E-state index is 2.38. The van der Waals surface area contributed by atoms with Crippen LogP contribution in [0.2, 0.25) is 0 Å². The molecule has 0 aromatic heterocycles. The summed E-state index contributed by atoms with van der Waals surface area (Å²) in [5, 5.41) is 0. The highest BCUT2D eigenvalue weighted by atomic mass is 32.2. The molecular weight excluding hydrogens is 184 g/mol. The van der Waals surface area contributed by atoms with Crippen LogP contribution in [0.15, 0.2) is 0 Å². The summed E-state index contributed by atoms with van der Waals surface area (Å²) in [7, 11) is 0. The Labute approximate surface area is 85.3 Å². The predicted molar refractivity (Wildman–Crippen MR) is 62.0 cm³/mol. The van der Waals surface area contributed by atoms with E-state index in [1.165, 1.54) is 24.3 Å². The van der Waals surface area contributed by atoms with Gasteiger partial charge in [-0.1, -0.05) is 27.7 Å². The van der Waals surface area contributed by atoms with Crippen molar-refractivity contribution in [1.82, 2.24) is 0 Å². The monoisotopic (exact) mass is 204 g/mol. The van der Waals surface area contributed by atoms with Gasteiger partial charge in [-0.15, -0.1) is 23.5 Å². The molecule has 1 fully saturated rings. The lowest BCUT2D eigenvalue weighted by Crippen LogP contribution is -2.38. The Balaban J connectivity index is 2.73. The molecule has 1 rings (SSSR count). The van der Waals surface area contributed by atoms with Crippen LogP contribution in [0.5, 0.6) is 0 Å². The summed E-state index contributed by atoms with van der Waals surface area (Å²) in [6, 6.07) is 0. The summed E-state index contributed by atoms with van der Waals surface area (Å²) >= 11 is 4.36. The minimum absolute atomic E-state index is 0.442. The van der Waals surface area contributed by atoms with Crippen LogP contribution < -0.4 is 0 Å². The van der Waals surface area contributed by atoms with Crippen molar-refractivity contribution < 1.29 is 0 Å². The second-order valence-corrected chi connectivity index (χ2v) is 7.45. The molecule has 0 aromatic carbocycles. The van der Waals surface area contributed by atoms with Crippen LogP contribution in [0.3, 0.4) is 0 Å². The fourth-order valence-corrected chi connectivity index (χ4v) is 5.27. The SMILES string of the molecule is CCC1(C(C)(C)C)SCCCS1. The van der Waals surface area contributed by atoms with E-state index in [4.69, 9.17) is 0 Å². The van der Waals surface area contributed by atoms with Crippen LogP contribution in [0.25, 0.3) is 0 Å². The maximum atomic E-state index is 2.38. The molecule has 1 aliphatic rings. The molecule has 1 aliphatic heterocycles. The largest absolute Gasteiger partial charge is 0.144 e. The van der Waals surface area contributed by atoms with E-state index in [2.05, 4.69) is 51.2 Å². The molecule has 0 spiro atoms. The van der Waals surface area contributed by atoms with Crippen molar-refractivity contribution in [3.8, 4) is 0 Å². The molecule has 0 bridgehead atoms. The molecule has 0 amide bonds. The van der Waals surface area contributed by atoms with Crippen molar-refractivity contribution in [3.63, 3.8) is 0 Å². The third-order valence-corrected chi connectivity index (χ3v) is 6.99. The second kappa shape index (κ2) is 3.83. The number of thioether (sulfide) groups is 2. The number of hydrogen-bond acceptors (Lipinski definition) is 2. The molecule has 0 unspecified atom stereocenters. The first-order chi connectivity index (χ1) is 5.52. The van der Waals surface area contributed by atoms with Crippen molar-refractivity contribution in [1.29, 1.82) is 0 Å². The fraction of sp³-hybridized carbons (Fsp3) is 1.00. The average molecular weight is 204 g/mol. The first-order valence-electron chi connectivity index (χ1n) is 4.80. The van der Waals surface area contributed by atoms with Gasteiger partial charge in [0.05, 0.1) is 4.08 Å². The zero-order valence-corrected chi connectivity index (χ0v) is 10.3. The molecule has 0 atom stereocenters. The van der Waals surface area contributed by atoms with Crippen molar-refractivity contribution in [3.05, 3.63) is 0 Å². The summed E-state index contributed by atoms with van der Waals surface area (Å²) in [5.74, 6) is 2.72. The van der Waals surface area contributed by atoms with E-state index in [0.717, 1.165) is 0 Å². The first-order valence-corrected chi connectivity index (χ1v) is 6.77. The van der Waals surface area contributed by atoms with E-state index in [1.807, 2.05) is 0 Å². The molecule has 0 saturated carbocycles. The van der Waals surface area contributed by atoms with Gasteiger partial charge in [-0.05, 0) is 29.8 Å². The molecule has 0 radical (unpaired) electrons. The van der Waals surface area contributed by atoms with E-state index in [0.29, 0.717) is 9.49 Å². The lowest BCUT2D eigenvalue weighted by Gasteiger charge is -2.45. The Morgan fingerprint density at radius 1 is 1.17 bits per heavy atom. The van der Waals surface area contributed by atoms with Crippen LogP contribution in [0.1, 0.15) is 40.5 Å². The Morgan fingerprint density at radius 3 is 1.92 bits per heavy atom. The maximum Gasteiger partial charge on any atom is 0.0656 e. The lowest BCUT2D eigenvalue weighted by atomic mass is 9.89. The summed E-state index contributed by atoms with van der Waals surface area (Å²) in [6.45, 7) is 9.46. The molecule has 0 aliphatic carbocycles. The van der Waals surface area contributed by atoms with Crippen molar-refractivity contribution in [2.45, 2.75) is 44.6 Å². The van der Waals surface area contributed by atoms with Crippen LogP contribution in [-0.2, 0) is 0 Å². The van der Waals surface area contributed by atoms with E-state index in [1.54, 1.807) is 0 Å². The standard InChI is InChI=1S/C10H20S2/c1-5-10(9(2,3)4)11-7-6-8-12-10/h5-8H2,1-4H3. The highest BCUT2D eigenvalue weighted by molar-refractivity contribution is 8.18. The average Bonchev–Trinajstić information content (AvgIpc) is 2.04. The Hall–Kier alpha value is 0.700. The Morgan fingerprint density at radius 2 is 1.67 bits per heavy atom. The normalized spacial score (nSPS) is 24.0. The van der Waals surface area contributed by atoms with Crippen LogP contribution in [0.4, 0.5) is 0 Å². The van der Waals surface area contributed by atoms with Gasteiger partial charge in [-0.25, -0.2) is 0 Å². The van der Waals surface area contributed by atoms with Gasteiger partial charge in [-0.3, -0.25) is 0 Å². The van der Waals surface area contributed by atoms with Gasteiger partial charge >= 0.3 is 0 Å². The van der Waals surface area contributed by atoms with Crippen molar-refractivity contribution >= 4 is 23.5 Å². The first kappa shape index (κ1) is 10.8. The smallest absolute Gasteiger partial charge is 0.0656 e. The van der Waals surface area contributed by atoms with Gasteiger partial charge in [-0.2, -0.15) is 0 Å². The van der Waals surface area contributed by atoms with Crippen LogP contribution >= 0.6 is 23.5 Å². The molecule has 0 N–H and O–H groups in total. The second-order valence-electron chi connectivity index (χ2n) is 4.41. The highest BCUT2D eigenvalue weighted by Crippen LogP contribution is 2.55. The number of rotatable bonds is 1. The molecule has 1 heterocycles. The quantitative estimate of drug-likeness (QED) is 0.633. The third kappa shape index (κ3) is 1.95. The van der Waals surface area contributed by atoms with E-state index in [-0.39, 0.29) is 0 Å². The topological polar surface area (TPSA) is 0 Å². The van der Waals surface area contributed by atoms with Crippen LogP contribution in [-0.4, -0.2) is 15.6 Å². The van der Waals surface area contributed by atoms with Crippen molar-refractivity contribution in [2.24, 2.45) is 5.41 Å². The van der Waals surface area contributed by atoms with Gasteiger partial charge in [0, 0.05) is 0 Å². The summed E-state index contributed by atoms with van der Waals surface area (Å²) in [4.78, 5) is 0. The minimum Gasteiger partial charge on any atom is -0.144 e. The lowest BCUT2D eigenvalue weighted by molar-refractivity contribution is 0.358. The summed E-state index contributed by atoms with van der Waals surface area (Å²) < 4.78 is 0.491. The van der Waals surface area contributed by atoms with E-state index >= 15 is 0 Å². The van der Waals surface area contributed by atoms with Gasteiger partial charge < -0.3 is 0 Å². The number of hydrogen-bond donors (Lipinski definition) is 0.